The summed E-state index contributed by atoms with van der Waals surface area (Å²) in [7, 11) is 0. The van der Waals surface area contributed by atoms with Gasteiger partial charge in [-0.05, 0) is 75.2 Å². The molecular weight excluding hydrogens is 326 g/mol. The Labute approximate surface area is 157 Å². The first kappa shape index (κ1) is 17.4. The summed E-state index contributed by atoms with van der Waals surface area (Å²) in [5.41, 5.74) is 0. The van der Waals surface area contributed by atoms with Gasteiger partial charge in [-0.3, -0.25) is 14.6 Å². The first-order chi connectivity index (χ1) is 12.8. The molecule has 0 spiro atoms. The van der Waals surface area contributed by atoms with E-state index in [0.29, 0.717) is 11.9 Å². The molecule has 0 aromatic carbocycles. The Hall–Kier alpha value is -0.650. The molecule has 4 saturated carbocycles. The number of carbonyl (C=O) groups excluding carboxylic acids is 1. The quantitative estimate of drug-likeness (QED) is 0.810. The maximum Gasteiger partial charge on any atom is 0.237 e. The second kappa shape index (κ2) is 7.40. The van der Waals surface area contributed by atoms with Crippen molar-refractivity contribution in [2.24, 2.45) is 23.7 Å². The fourth-order valence-corrected chi connectivity index (χ4v) is 6.91. The Morgan fingerprint density at radius 1 is 0.923 bits per heavy atom. The number of nitrogens with one attached hydrogen (secondary N) is 1. The Bertz CT molecular complexity index is 491. The van der Waals surface area contributed by atoms with Gasteiger partial charge >= 0.3 is 0 Å². The highest BCUT2D eigenvalue weighted by atomic mass is 16.5. The molecule has 6 rings (SSSR count). The molecular formula is C21H35N3O2. The topological polar surface area (TPSA) is 44.8 Å². The van der Waals surface area contributed by atoms with Gasteiger partial charge in [0, 0.05) is 32.2 Å². The van der Waals surface area contributed by atoms with Crippen molar-refractivity contribution in [3.05, 3.63) is 0 Å². The van der Waals surface area contributed by atoms with E-state index in [1.807, 2.05) is 0 Å². The van der Waals surface area contributed by atoms with Gasteiger partial charge in [0.15, 0.2) is 0 Å². The Morgan fingerprint density at radius 3 is 2.31 bits per heavy atom. The molecule has 5 heteroatoms. The lowest BCUT2D eigenvalue weighted by Gasteiger charge is -2.54. The van der Waals surface area contributed by atoms with Crippen LogP contribution in [0, 0.1) is 23.7 Å². The van der Waals surface area contributed by atoms with Crippen LogP contribution in [0.2, 0.25) is 0 Å². The van der Waals surface area contributed by atoms with E-state index in [1.165, 1.54) is 38.5 Å². The van der Waals surface area contributed by atoms with E-state index in [2.05, 4.69) is 15.1 Å². The third-order valence-electron chi connectivity index (χ3n) is 8.01. The molecule has 1 atom stereocenters. The number of nitrogens with zero attached hydrogens (tertiary/aromatic N) is 2. The predicted octanol–water partition coefficient (Wildman–Crippen LogP) is 1.72. The van der Waals surface area contributed by atoms with E-state index in [9.17, 15) is 4.79 Å². The third kappa shape index (κ3) is 3.43. The van der Waals surface area contributed by atoms with Gasteiger partial charge in [0.2, 0.25) is 5.91 Å². The molecule has 146 valence electrons. The van der Waals surface area contributed by atoms with Crippen LogP contribution in [0.4, 0.5) is 0 Å². The van der Waals surface area contributed by atoms with Crippen LogP contribution in [0.3, 0.4) is 0 Å². The number of carbonyl (C=O) groups is 1. The first-order valence-electron chi connectivity index (χ1n) is 11.1. The fraction of sp³-hybridized carbons (Fsp3) is 0.952. The highest BCUT2D eigenvalue weighted by molar-refractivity contribution is 5.82. The molecule has 0 aromatic rings. The van der Waals surface area contributed by atoms with Crippen LogP contribution in [0.25, 0.3) is 0 Å². The highest BCUT2D eigenvalue weighted by Gasteiger charge is 2.49. The van der Waals surface area contributed by atoms with Crippen molar-refractivity contribution >= 4 is 5.91 Å². The average molecular weight is 362 g/mol. The summed E-state index contributed by atoms with van der Waals surface area (Å²) in [4.78, 5) is 18.0. The molecule has 1 amide bonds. The molecule has 6 aliphatic rings. The number of hydrogen-bond donors (Lipinski definition) is 1. The normalized spacial score (nSPS) is 43.1. The molecule has 5 nitrogen and oxygen atoms in total. The Morgan fingerprint density at radius 2 is 1.62 bits per heavy atom. The summed E-state index contributed by atoms with van der Waals surface area (Å²) in [6.45, 7) is 6.98. The lowest BCUT2D eigenvalue weighted by molar-refractivity contribution is -0.129. The van der Waals surface area contributed by atoms with E-state index in [4.69, 9.17) is 4.74 Å². The van der Waals surface area contributed by atoms with Crippen molar-refractivity contribution in [1.29, 1.82) is 0 Å². The summed E-state index contributed by atoms with van der Waals surface area (Å²) in [5, 5.41) is 3.56. The molecule has 0 unspecified atom stereocenters. The number of amides is 1. The van der Waals surface area contributed by atoms with Gasteiger partial charge in [0.05, 0.1) is 19.3 Å². The molecule has 6 fully saturated rings. The van der Waals surface area contributed by atoms with E-state index in [0.717, 1.165) is 76.0 Å². The summed E-state index contributed by atoms with van der Waals surface area (Å²) >= 11 is 0. The number of likely N-dealkylation sites (tertiary alicyclic amines) is 1. The minimum atomic E-state index is 0.119. The van der Waals surface area contributed by atoms with Crippen LogP contribution in [0.5, 0.6) is 0 Å². The smallest absolute Gasteiger partial charge is 0.237 e. The van der Waals surface area contributed by atoms with Gasteiger partial charge in [-0.2, -0.15) is 0 Å². The largest absolute Gasteiger partial charge is 0.379 e. The van der Waals surface area contributed by atoms with E-state index >= 15 is 0 Å². The second-order valence-electron chi connectivity index (χ2n) is 9.61. The lowest BCUT2D eigenvalue weighted by atomic mass is 9.54. The SMILES string of the molecule is O=C(NC1C2CC3CC(C2)CC1C3)[C@H]1CCCN1CCN1CCOCC1. The van der Waals surface area contributed by atoms with E-state index < -0.39 is 0 Å². The van der Waals surface area contributed by atoms with Gasteiger partial charge < -0.3 is 10.1 Å². The van der Waals surface area contributed by atoms with E-state index in [1.54, 1.807) is 0 Å². The zero-order valence-electron chi connectivity index (χ0n) is 16.1. The van der Waals surface area contributed by atoms with Crippen LogP contribution < -0.4 is 5.32 Å². The summed E-state index contributed by atoms with van der Waals surface area (Å²) < 4.78 is 5.44. The molecule has 1 N–H and O–H groups in total. The molecule has 4 aliphatic carbocycles. The van der Waals surface area contributed by atoms with Crippen molar-refractivity contribution < 1.29 is 9.53 Å². The third-order valence-corrected chi connectivity index (χ3v) is 8.01. The number of hydrogen-bond acceptors (Lipinski definition) is 4. The van der Waals surface area contributed by atoms with Gasteiger partial charge in [-0.1, -0.05) is 0 Å². The van der Waals surface area contributed by atoms with Crippen molar-refractivity contribution in [3.8, 4) is 0 Å². The van der Waals surface area contributed by atoms with Crippen molar-refractivity contribution in [3.63, 3.8) is 0 Å². The minimum absolute atomic E-state index is 0.119. The molecule has 2 heterocycles. The van der Waals surface area contributed by atoms with Crippen LogP contribution in [0.15, 0.2) is 0 Å². The number of rotatable bonds is 5. The average Bonchev–Trinajstić information content (AvgIpc) is 3.12. The first-order valence-corrected chi connectivity index (χ1v) is 11.1. The summed E-state index contributed by atoms with van der Waals surface area (Å²) in [6.07, 6.45) is 9.20. The van der Waals surface area contributed by atoms with Gasteiger partial charge in [0.25, 0.3) is 0 Å². The minimum Gasteiger partial charge on any atom is -0.379 e. The fourth-order valence-electron chi connectivity index (χ4n) is 6.91. The summed E-state index contributed by atoms with van der Waals surface area (Å²) in [6, 6.07) is 0.602. The molecule has 26 heavy (non-hydrogen) atoms. The van der Waals surface area contributed by atoms with Crippen molar-refractivity contribution in [2.75, 3.05) is 45.9 Å². The zero-order valence-corrected chi connectivity index (χ0v) is 16.1. The van der Waals surface area contributed by atoms with E-state index in [-0.39, 0.29) is 6.04 Å². The van der Waals surface area contributed by atoms with Gasteiger partial charge in [0.1, 0.15) is 0 Å². The van der Waals surface area contributed by atoms with Crippen LogP contribution in [0.1, 0.15) is 44.9 Å². The van der Waals surface area contributed by atoms with Crippen LogP contribution in [-0.4, -0.2) is 73.7 Å². The standard InChI is InChI=1S/C21H35N3O2/c25-21(22-20-17-11-15-10-16(13-17)14-18(20)12-15)19-2-1-3-24(19)5-4-23-6-8-26-9-7-23/h15-20H,1-14H2,(H,22,25)/t15?,16?,17?,18?,19-,20?/m1/s1. The monoisotopic (exact) mass is 361 g/mol. The lowest BCUT2D eigenvalue weighted by Crippen LogP contribution is -2.58. The van der Waals surface area contributed by atoms with Crippen LogP contribution >= 0.6 is 0 Å². The maximum atomic E-state index is 13.1. The molecule has 2 aliphatic heterocycles. The predicted molar refractivity (Wildman–Crippen MR) is 101 cm³/mol. The molecule has 2 saturated heterocycles. The van der Waals surface area contributed by atoms with Gasteiger partial charge in [-0.25, -0.2) is 0 Å². The molecule has 0 radical (unpaired) electrons. The zero-order chi connectivity index (χ0) is 17.5. The Balaban J connectivity index is 1.16. The van der Waals surface area contributed by atoms with Gasteiger partial charge in [-0.15, -0.1) is 0 Å². The van der Waals surface area contributed by atoms with Crippen molar-refractivity contribution in [2.45, 2.75) is 57.0 Å². The summed E-state index contributed by atoms with van der Waals surface area (Å²) in [5.74, 6) is 3.84. The molecule has 0 aromatic heterocycles. The van der Waals surface area contributed by atoms with Crippen LogP contribution in [-0.2, 0) is 9.53 Å². The van der Waals surface area contributed by atoms with Crippen molar-refractivity contribution in [1.82, 2.24) is 15.1 Å². The molecule has 4 bridgehead atoms. The highest BCUT2D eigenvalue weighted by Crippen LogP contribution is 2.53. The Kier molecular flexibility index (Phi) is 4.97. The number of morpholine rings is 1. The second-order valence-corrected chi connectivity index (χ2v) is 9.61. The number of ether oxygens (including phenoxy) is 1. The maximum absolute atomic E-state index is 13.1.